The molecule has 11 heavy (non-hydrogen) atoms. The summed E-state index contributed by atoms with van der Waals surface area (Å²) in [5.41, 5.74) is 0.616. The molecule has 1 N–H and O–H groups in total. The highest BCUT2D eigenvalue weighted by molar-refractivity contribution is 9.10. The molecule has 0 atom stereocenters. The average Bonchev–Trinajstić information content (AvgIpc) is 2.33. The number of aromatic hydroxyl groups is 1. The first-order valence-electron chi connectivity index (χ1n) is 2.96. The second-order valence-electron chi connectivity index (χ2n) is 2.05. The van der Waals surface area contributed by atoms with Crippen LogP contribution in [0.15, 0.2) is 22.9 Å². The highest BCUT2D eigenvalue weighted by Gasteiger charge is 2.01. The zero-order valence-electron chi connectivity index (χ0n) is 5.40. The number of rotatable bonds is 0. The van der Waals surface area contributed by atoms with Crippen molar-refractivity contribution in [2.45, 2.75) is 0 Å². The van der Waals surface area contributed by atoms with Gasteiger partial charge in [-0.05, 0) is 15.9 Å². The molecule has 2 aromatic heterocycles. The molecule has 5 heteroatoms. The average molecular weight is 214 g/mol. The first-order valence-corrected chi connectivity index (χ1v) is 3.75. The van der Waals surface area contributed by atoms with Crippen molar-refractivity contribution in [1.29, 1.82) is 0 Å². The predicted molar refractivity (Wildman–Crippen MR) is 42.4 cm³/mol. The summed E-state index contributed by atoms with van der Waals surface area (Å²) in [6.45, 7) is 0. The number of nitrogens with zero attached hydrogens (tertiary/aromatic N) is 3. The molecule has 0 aliphatic rings. The Morgan fingerprint density at radius 2 is 2.36 bits per heavy atom. The highest BCUT2D eigenvalue weighted by atomic mass is 79.9. The second-order valence-corrected chi connectivity index (χ2v) is 2.90. The Morgan fingerprint density at radius 3 is 3.18 bits per heavy atom. The third-order valence-corrected chi connectivity index (χ3v) is 1.87. The van der Waals surface area contributed by atoms with Gasteiger partial charge in [0.05, 0.1) is 10.7 Å². The van der Waals surface area contributed by atoms with Crippen LogP contribution in [0, 0.1) is 0 Å². The fraction of sp³-hybridized carbons (Fsp3) is 0. The van der Waals surface area contributed by atoms with Crippen LogP contribution in [0.4, 0.5) is 0 Å². The van der Waals surface area contributed by atoms with E-state index in [1.165, 1.54) is 6.07 Å². The van der Waals surface area contributed by atoms with Crippen LogP contribution in [0.3, 0.4) is 0 Å². The van der Waals surface area contributed by atoms with Gasteiger partial charge in [-0.3, -0.25) is 0 Å². The molecule has 0 saturated carbocycles. The van der Waals surface area contributed by atoms with E-state index in [4.69, 9.17) is 5.11 Å². The molecule has 0 unspecified atom stereocenters. The molecule has 0 fully saturated rings. The van der Waals surface area contributed by atoms with Crippen molar-refractivity contribution in [1.82, 2.24) is 14.6 Å². The minimum absolute atomic E-state index is 0.00120. The molecule has 0 amide bonds. The van der Waals surface area contributed by atoms with Gasteiger partial charge in [0.2, 0.25) is 5.88 Å². The summed E-state index contributed by atoms with van der Waals surface area (Å²) in [7, 11) is 0. The van der Waals surface area contributed by atoms with Crippen molar-refractivity contribution in [3.63, 3.8) is 0 Å². The molecule has 0 bridgehead atoms. The molecule has 2 aromatic rings. The molecular weight excluding hydrogens is 210 g/mol. The molecule has 56 valence electrons. The van der Waals surface area contributed by atoms with E-state index in [0.717, 1.165) is 4.47 Å². The largest absolute Gasteiger partial charge is 0.493 e. The number of fused-ring (bicyclic) bond motifs is 1. The lowest BCUT2D eigenvalue weighted by Gasteiger charge is -1.92. The van der Waals surface area contributed by atoms with Crippen molar-refractivity contribution in [3.05, 3.63) is 22.9 Å². The first-order chi connectivity index (χ1) is 5.27. The Balaban J connectivity index is 2.87. The first kappa shape index (κ1) is 6.60. The van der Waals surface area contributed by atoms with Crippen LogP contribution >= 0.6 is 15.9 Å². The SMILES string of the molecule is Oc1ccn2ncc(Br)c2n1. The Labute approximate surface area is 70.6 Å². The topological polar surface area (TPSA) is 50.4 Å². The smallest absolute Gasteiger partial charge is 0.214 e. The molecule has 2 rings (SSSR count). The summed E-state index contributed by atoms with van der Waals surface area (Å²) in [6, 6.07) is 1.48. The maximum Gasteiger partial charge on any atom is 0.214 e. The lowest BCUT2D eigenvalue weighted by Crippen LogP contribution is -1.87. The molecule has 0 radical (unpaired) electrons. The van der Waals surface area contributed by atoms with E-state index in [1.54, 1.807) is 16.9 Å². The van der Waals surface area contributed by atoms with E-state index in [0.29, 0.717) is 5.65 Å². The molecule has 0 saturated heterocycles. The fourth-order valence-electron chi connectivity index (χ4n) is 0.832. The van der Waals surface area contributed by atoms with Gasteiger partial charge in [0.1, 0.15) is 0 Å². The molecule has 0 aromatic carbocycles. The Morgan fingerprint density at radius 1 is 1.55 bits per heavy atom. The molecular formula is C6H4BrN3O. The van der Waals surface area contributed by atoms with Gasteiger partial charge in [0.25, 0.3) is 0 Å². The van der Waals surface area contributed by atoms with Gasteiger partial charge >= 0.3 is 0 Å². The predicted octanol–water partition coefficient (Wildman–Crippen LogP) is 1.20. The minimum atomic E-state index is -0.00120. The molecule has 4 nitrogen and oxygen atoms in total. The number of hydrogen-bond acceptors (Lipinski definition) is 3. The van der Waals surface area contributed by atoms with Gasteiger partial charge in [0.15, 0.2) is 5.65 Å². The summed E-state index contributed by atoms with van der Waals surface area (Å²) >= 11 is 3.24. The highest BCUT2D eigenvalue weighted by Crippen LogP contribution is 2.16. The zero-order valence-corrected chi connectivity index (χ0v) is 6.98. The molecule has 0 aliphatic carbocycles. The standard InChI is InChI=1S/C6H4BrN3O/c7-4-3-8-10-2-1-5(11)9-6(4)10/h1-3H,(H,9,11). The number of aromatic nitrogens is 3. The van der Waals surface area contributed by atoms with Gasteiger partial charge in [-0.25, -0.2) is 4.52 Å². The van der Waals surface area contributed by atoms with Gasteiger partial charge in [-0.15, -0.1) is 0 Å². The Kier molecular flexibility index (Phi) is 1.32. The van der Waals surface area contributed by atoms with E-state index in [9.17, 15) is 0 Å². The van der Waals surface area contributed by atoms with Gasteiger partial charge in [-0.1, -0.05) is 0 Å². The van der Waals surface area contributed by atoms with Crippen LogP contribution in [0.2, 0.25) is 0 Å². The Bertz CT molecular complexity index is 398. The second kappa shape index (κ2) is 2.20. The van der Waals surface area contributed by atoms with Crippen LogP contribution in [0.5, 0.6) is 5.88 Å². The third kappa shape index (κ3) is 0.970. The van der Waals surface area contributed by atoms with E-state index in [1.807, 2.05) is 0 Å². The number of halogens is 1. The fourth-order valence-corrected chi connectivity index (χ4v) is 1.19. The maximum absolute atomic E-state index is 9.00. The van der Waals surface area contributed by atoms with E-state index in [-0.39, 0.29) is 5.88 Å². The van der Waals surface area contributed by atoms with Crippen LogP contribution < -0.4 is 0 Å². The summed E-state index contributed by atoms with van der Waals surface area (Å²) in [5.74, 6) is -0.00120. The van der Waals surface area contributed by atoms with Crippen molar-refractivity contribution < 1.29 is 5.11 Å². The molecule has 0 spiro atoms. The van der Waals surface area contributed by atoms with Crippen molar-refractivity contribution in [2.24, 2.45) is 0 Å². The van der Waals surface area contributed by atoms with E-state index in [2.05, 4.69) is 26.0 Å². The lowest BCUT2D eigenvalue weighted by molar-refractivity contribution is 0.453. The van der Waals surface area contributed by atoms with Crippen molar-refractivity contribution >= 4 is 21.6 Å². The monoisotopic (exact) mass is 213 g/mol. The summed E-state index contributed by atoms with van der Waals surface area (Å²) in [5, 5.41) is 13.0. The van der Waals surface area contributed by atoms with Gasteiger partial charge in [0, 0.05) is 12.3 Å². The van der Waals surface area contributed by atoms with Gasteiger partial charge < -0.3 is 5.11 Å². The van der Waals surface area contributed by atoms with E-state index >= 15 is 0 Å². The van der Waals surface area contributed by atoms with Gasteiger partial charge in [-0.2, -0.15) is 10.1 Å². The van der Waals surface area contributed by atoms with Crippen LogP contribution in [-0.2, 0) is 0 Å². The van der Waals surface area contributed by atoms with E-state index < -0.39 is 0 Å². The quantitative estimate of drug-likeness (QED) is 0.716. The summed E-state index contributed by atoms with van der Waals surface area (Å²) in [4.78, 5) is 3.84. The summed E-state index contributed by atoms with van der Waals surface area (Å²) in [6.07, 6.45) is 3.27. The normalized spacial score (nSPS) is 10.6. The Hall–Kier alpha value is -1.10. The lowest BCUT2D eigenvalue weighted by atomic mass is 10.6. The third-order valence-electron chi connectivity index (χ3n) is 1.31. The van der Waals surface area contributed by atoms with Crippen molar-refractivity contribution in [2.75, 3.05) is 0 Å². The van der Waals surface area contributed by atoms with Crippen LogP contribution in [0.1, 0.15) is 0 Å². The van der Waals surface area contributed by atoms with Crippen LogP contribution in [0.25, 0.3) is 5.65 Å². The minimum Gasteiger partial charge on any atom is -0.493 e. The number of hydrogen-bond donors (Lipinski definition) is 1. The summed E-state index contributed by atoms with van der Waals surface area (Å²) < 4.78 is 2.34. The molecule has 2 heterocycles. The molecule has 0 aliphatic heterocycles. The van der Waals surface area contributed by atoms with Crippen molar-refractivity contribution in [3.8, 4) is 5.88 Å². The maximum atomic E-state index is 9.00. The zero-order chi connectivity index (χ0) is 7.84. The van der Waals surface area contributed by atoms with Crippen LogP contribution in [-0.4, -0.2) is 19.7 Å².